The lowest BCUT2D eigenvalue weighted by molar-refractivity contribution is 0.589. The number of thioether (sulfide) groups is 1. The van der Waals surface area contributed by atoms with Crippen LogP contribution in [0, 0.1) is 0 Å². The van der Waals surface area contributed by atoms with Gasteiger partial charge in [0.1, 0.15) is 0 Å². The minimum Gasteiger partial charge on any atom is -0.369 e. The summed E-state index contributed by atoms with van der Waals surface area (Å²) in [5, 5.41) is 3.53. The summed E-state index contributed by atoms with van der Waals surface area (Å²) in [5.74, 6) is 1.20. The Morgan fingerprint density at radius 3 is 2.85 bits per heavy atom. The maximum absolute atomic E-state index is 3.63. The van der Waals surface area contributed by atoms with Crippen LogP contribution in [0.5, 0.6) is 0 Å². The van der Waals surface area contributed by atoms with Gasteiger partial charge >= 0.3 is 0 Å². The fourth-order valence-electron chi connectivity index (χ4n) is 2.80. The second kappa shape index (κ2) is 6.71. The first-order valence-corrected chi connectivity index (χ1v) is 9.12. The fourth-order valence-corrected chi connectivity index (χ4v) is 4.26. The Balaban J connectivity index is 2.31. The van der Waals surface area contributed by atoms with Gasteiger partial charge in [-0.25, -0.2) is 0 Å². The van der Waals surface area contributed by atoms with E-state index in [9.17, 15) is 0 Å². The van der Waals surface area contributed by atoms with Crippen molar-refractivity contribution >= 4 is 33.4 Å². The topological polar surface area (TPSA) is 15.3 Å². The molecule has 1 aromatic rings. The van der Waals surface area contributed by atoms with Gasteiger partial charge in [0.15, 0.2) is 0 Å². The number of nitrogens with one attached hydrogen (secondary N) is 1. The summed E-state index contributed by atoms with van der Waals surface area (Å²) in [5.41, 5.74) is 2.78. The number of anilines is 1. The number of nitrogens with zero attached hydrogens (tertiary/aromatic N) is 1. The van der Waals surface area contributed by atoms with Gasteiger partial charge in [-0.15, -0.1) is 0 Å². The minimum absolute atomic E-state index is 0.333. The smallest absolute Gasteiger partial charge is 0.0426 e. The van der Waals surface area contributed by atoms with E-state index >= 15 is 0 Å². The first-order valence-electron chi connectivity index (χ1n) is 7.34. The first kappa shape index (κ1) is 16.2. The molecular weight excluding hydrogens is 332 g/mol. The molecule has 1 atom stereocenters. The summed E-state index contributed by atoms with van der Waals surface area (Å²) in [6, 6.07) is 7.06. The molecule has 0 spiro atoms. The lowest BCUT2D eigenvalue weighted by Crippen LogP contribution is -2.43. The Morgan fingerprint density at radius 2 is 2.20 bits per heavy atom. The zero-order valence-electron chi connectivity index (χ0n) is 12.9. The second-order valence-electron chi connectivity index (χ2n) is 6.01. The van der Waals surface area contributed by atoms with E-state index in [-0.39, 0.29) is 0 Å². The molecule has 0 bridgehead atoms. The standard InChI is InChI=1S/C16H25BrN2S/c1-5-18-12(2)14-7-6-13(17)10-15(14)19-8-9-20-16(3,4)11-19/h6-7,10,12,18H,5,8-9,11H2,1-4H3. The molecule has 1 heterocycles. The van der Waals surface area contributed by atoms with Gasteiger partial charge in [0.25, 0.3) is 0 Å². The fraction of sp³-hybridized carbons (Fsp3) is 0.625. The maximum atomic E-state index is 3.63. The Kier molecular flexibility index (Phi) is 5.43. The molecular formula is C16H25BrN2S. The van der Waals surface area contributed by atoms with E-state index in [2.05, 4.69) is 83.8 Å². The highest BCUT2D eigenvalue weighted by atomic mass is 79.9. The van der Waals surface area contributed by atoms with Gasteiger partial charge in [-0.2, -0.15) is 11.8 Å². The molecule has 0 saturated carbocycles. The minimum atomic E-state index is 0.333. The summed E-state index contributed by atoms with van der Waals surface area (Å²) in [4.78, 5) is 2.55. The summed E-state index contributed by atoms with van der Waals surface area (Å²) < 4.78 is 1.50. The van der Waals surface area contributed by atoms with E-state index in [0.717, 1.165) is 24.1 Å². The van der Waals surface area contributed by atoms with Gasteiger partial charge in [-0.05, 0) is 45.0 Å². The molecule has 112 valence electrons. The average molecular weight is 357 g/mol. The van der Waals surface area contributed by atoms with Crippen LogP contribution in [0.1, 0.15) is 39.3 Å². The third kappa shape index (κ3) is 3.92. The van der Waals surface area contributed by atoms with E-state index in [4.69, 9.17) is 0 Å². The highest BCUT2D eigenvalue weighted by Crippen LogP contribution is 2.36. The summed E-state index contributed by atoms with van der Waals surface area (Å²) in [6.45, 7) is 12.3. The molecule has 0 amide bonds. The molecule has 0 radical (unpaired) electrons. The number of hydrogen-bond acceptors (Lipinski definition) is 3. The lowest BCUT2D eigenvalue weighted by atomic mass is 10.0. The molecule has 4 heteroatoms. The highest BCUT2D eigenvalue weighted by molar-refractivity contribution is 9.10. The molecule has 2 rings (SSSR count). The predicted molar refractivity (Wildman–Crippen MR) is 95.0 cm³/mol. The van der Waals surface area contributed by atoms with Crippen LogP contribution >= 0.6 is 27.7 Å². The second-order valence-corrected chi connectivity index (χ2v) is 8.73. The molecule has 1 fully saturated rings. The third-order valence-electron chi connectivity index (χ3n) is 3.74. The van der Waals surface area contributed by atoms with Crippen molar-refractivity contribution in [2.45, 2.75) is 38.5 Å². The van der Waals surface area contributed by atoms with Gasteiger partial charge in [-0.1, -0.05) is 28.9 Å². The van der Waals surface area contributed by atoms with Gasteiger partial charge in [0.2, 0.25) is 0 Å². The normalized spacial score (nSPS) is 19.9. The highest BCUT2D eigenvalue weighted by Gasteiger charge is 2.28. The van der Waals surface area contributed by atoms with Crippen LogP contribution < -0.4 is 10.2 Å². The first-order chi connectivity index (χ1) is 9.43. The molecule has 1 aromatic carbocycles. The van der Waals surface area contributed by atoms with Gasteiger partial charge in [0, 0.05) is 39.8 Å². The van der Waals surface area contributed by atoms with Crippen LogP contribution in [0.2, 0.25) is 0 Å². The van der Waals surface area contributed by atoms with Crippen LogP contribution in [0.25, 0.3) is 0 Å². The average Bonchev–Trinajstić information content (AvgIpc) is 2.37. The van der Waals surface area contributed by atoms with Crippen molar-refractivity contribution in [3.05, 3.63) is 28.2 Å². The van der Waals surface area contributed by atoms with E-state index in [1.54, 1.807) is 0 Å². The van der Waals surface area contributed by atoms with Crippen LogP contribution in [0.15, 0.2) is 22.7 Å². The van der Waals surface area contributed by atoms with Crippen LogP contribution in [-0.2, 0) is 0 Å². The quantitative estimate of drug-likeness (QED) is 0.857. The number of rotatable bonds is 4. The monoisotopic (exact) mass is 356 g/mol. The number of hydrogen-bond donors (Lipinski definition) is 1. The van der Waals surface area contributed by atoms with Crippen LogP contribution in [0.3, 0.4) is 0 Å². The van der Waals surface area contributed by atoms with Crippen molar-refractivity contribution in [1.82, 2.24) is 5.32 Å². The summed E-state index contributed by atoms with van der Waals surface area (Å²) >= 11 is 5.71. The maximum Gasteiger partial charge on any atom is 0.0426 e. The molecule has 20 heavy (non-hydrogen) atoms. The molecule has 0 aromatic heterocycles. The van der Waals surface area contributed by atoms with Crippen molar-refractivity contribution in [3.63, 3.8) is 0 Å². The number of benzene rings is 1. The van der Waals surface area contributed by atoms with Crippen molar-refractivity contribution < 1.29 is 0 Å². The van der Waals surface area contributed by atoms with Gasteiger partial charge < -0.3 is 10.2 Å². The molecule has 1 aliphatic rings. The lowest BCUT2D eigenvalue weighted by Gasteiger charge is -2.40. The predicted octanol–water partition coefficient (Wildman–Crippen LogP) is 4.45. The summed E-state index contributed by atoms with van der Waals surface area (Å²) in [7, 11) is 0. The van der Waals surface area contributed by atoms with E-state index in [1.165, 1.54) is 17.0 Å². The molecule has 1 N–H and O–H groups in total. The Hall–Kier alpha value is -0.190. The zero-order valence-corrected chi connectivity index (χ0v) is 15.3. The number of halogens is 1. The molecule has 0 aliphatic carbocycles. The van der Waals surface area contributed by atoms with Crippen molar-refractivity contribution in [1.29, 1.82) is 0 Å². The van der Waals surface area contributed by atoms with Gasteiger partial charge in [-0.3, -0.25) is 0 Å². The van der Waals surface area contributed by atoms with E-state index in [0.29, 0.717) is 10.8 Å². The zero-order chi connectivity index (χ0) is 14.8. The molecule has 1 saturated heterocycles. The third-order valence-corrected chi connectivity index (χ3v) is 5.53. The van der Waals surface area contributed by atoms with Crippen molar-refractivity contribution in [3.8, 4) is 0 Å². The van der Waals surface area contributed by atoms with Crippen molar-refractivity contribution in [2.75, 3.05) is 30.3 Å². The SMILES string of the molecule is CCNC(C)c1ccc(Br)cc1N1CCSC(C)(C)C1. The largest absolute Gasteiger partial charge is 0.369 e. The van der Waals surface area contributed by atoms with Crippen LogP contribution in [-0.4, -0.2) is 30.1 Å². The Labute approximate surface area is 135 Å². The van der Waals surface area contributed by atoms with Crippen molar-refractivity contribution in [2.24, 2.45) is 0 Å². The van der Waals surface area contributed by atoms with Gasteiger partial charge in [0.05, 0.1) is 0 Å². The van der Waals surface area contributed by atoms with E-state index in [1.807, 2.05) is 0 Å². The van der Waals surface area contributed by atoms with E-state index < -0.39 is 0 Å². The molecule has 2 nitrogen and oxygen atoms in total. The summed E-state index contributed by atoms with van der Waals surface area (Å²) in [6.07, 6.45) is 0. The molecule has 1 unspecified atom stereocenters. The Morgan fingerprint density at radius 1 is 1.45 bits per heavy atom. The molecule has 1 aliphatic heterocycles. The van der Waals surface area contributed by atoms with Crippen LogP contribution in [0.4, 0.5) is 5.69 Å². The Bertz CT molecular complexity index is 462.